The first kappa shape index (κ1) is 11.4. The van der Waals surface area contributed by atoms with Crippen LogP contribution in [-0.2, 0) is 11.3 Å². The Morgan fingerprint density at radius 3 is 2.82 bits per heavy atom. The molecule has 8 heteroatoms. The normalized spacial score (nSPS) is 15.4. The van der Waals surface area contributed by atoms with Gasteiger partial charge in [0.25, 0.3) is 0 Å². The van der Waals surface area contributed by atoms with Crippen molar-refractivity contribution in [3.8, 4) is 0 Å². The van der Waals surface area contributed by atoms with Crippen molar-refractivity contribution in [2.45, 2.75) is 6.54 Å². The number of aliphatic carboxylic acids is 1. The molecule has 0 aromatic carbocycles. The van der Waals surface area contributed by atoms with Crippen molar-refractivity contribution in [3.05, 3.63) is 12.4 Å². The molecule has 0 saturated carbocycles. The van der Waals surface area contributed by atoms with E-state index in [0.29, 0.717) is 13.1 Å². The Morgan fingerprint density at radius 2 is 2.24 bits per heavy atom. The second-order valence-corrected chi connectivity index (χ2v) is 3.84. The number of hydrogen-bond acceptors (Lipinski definition) is 4. The molecule has 1 saturated heterocycles. The van der Waals surface area contributed by atoms with Crippen molar-refractivity contribution in [2.24, 2.45) is 5.92 Å². The fourth-order valence-corrected chi connectivity index (χ4v) is 1.54. The Balaban J connectivity index is 1.64. The summed E-state index contributed by atoms with van der Waals surface area (Å²) in [5, 5.41) is 18.7. The van der Waals surface area contributed by atoms with Crippen LogP contribution in [0.25, 0.3) is 0 Å². The molecule has 0 bridgehead atoms. The largest absolute Gasteiger partial charge is 0.481 e. The van der Waals surface area contributed by atoms with Crippen LogP contribution in [0.3, 0.4) is 0 Å². The van der Waals surface area contributed by atoms with Crippen LogP contribution in [-0.4, -0.2) is 56.6 Å². The van der Waals surface area contributed by atoms with Gasteiger partial charge in [-0.25, -0.2) is 4.79 Å². The Bertz CT molecular complexity index is 399. The fraction of sp³-hybridized carbons (Fsp3) is 0.556. The van der Waals surface area contributed by atoms with E-state index in [1.807, 2.05) is 0 Å². The van der Waals surface area contributed by atoms with Crippen LogP contribution in [0.2, 0.25) is 0 Å². The van der Waals surface area contributed by atoms with Crippen molar-refractivity contribution in [1.29, 1.82) is 0 Å². The van der Waals surface area contributed by atoms with Crippen LogP contribution < -0.4 is 5.32 Å². The molecule has 2 amide bonds. The van der Waals surface area contributed by atoms with Gasteiger partial charge in [-0.15, -0.1) is 5.10 Å². The summed E-state index contributed by atoms with van der Waals surface area (Å²) in [6, 6.07) is -0.234. The highest BCUT2D eigenvalue weighted by molar-refractivity contribution is 5.79. The van der Waals surface area contributed by atoms with Gasteiger partial charge in [-0.1, -0.05) is 5.21 Å². The lowest BCUT2D eigenvalue weighted by Gasteiger charge is -2.36. The van der Waals surface area contributed by atoms with Gasteiger partial charge >= 0.3 is 12.0 Å². The summed E-state index contributed by atoms with van der Waals surface area (Å²) in [4.78, 5) is 23.5. The van der Waals surface area contributed by atoms with Gasteiger partial charge in [0.2, 0.25) is 0 Å². The van der Waals surface area contributed by atoms with Gasteiger partial charge < -0.3 is 15.3 Å². The predicted octanol–water partition coefficient (Wildman–Crippen LogP) is -0.996. The number of carboxylic acids is 1. The average Bonchev–Trinajstić information content (AvgIpc) is 2.67. The van der Waals surface area contributed by atoms with Crippen molar-refractivity contribution in [2.75, 3.05) is 19.6 Å². The van der Waals surface area contributed by atoms with Gasteiger partial charge in [0.05, 0.1) is 18.7 Å². The van der Waals surface area contributed by atoms with E-state index in [9.17, 15) is 9.59 Å². The minimum atomic E-state index is -0.850. The Kier molecular flexibility index (Phi) is 3.22. The SMILES string of the molecule is O=C(O)C1CN(C(=O)NCCn2ccnn2)C1. The van der Waals surface area contributed by atoms with Gasteiger partial charge in [0, 0.05) is 25.8 Å². The fourth-order valence-electron chi connectivity index (χ4n) is 1.54. The number of carbonyl (C=O) groups is 2. The number of carbonyl (C=O) groups excluding carboxylic acids is 1. The molecule has 1 aliphatic rings. The first-order valence-electron chi connectivity index (χ1n) is 5.26. The van der Waals surface area contributed by atoms with Gasteiger partial charge in [0.1, 0.15) is 0 Å². The van der Waals surface area contributed by atoms with E-state index in [0.717, 1.165) is 0 Å². The zero-order chi connectivity index (χ0) is 12.3. The highest BCUT2D eigenvalue weighted by atomic mass is 16.4. The summed E-state index contributed by atoms with van der Waals surface area (Å²) < 4.78 is 1.61. The quantitative estimate of drug-likeness (QED) is 0.702. The lowest BCUT2D eigenvalue weighted by molar-refractivity contribution is -0.146. The molecule has 1 fully saturated rings. The third kappa shape index (κ3) is 2.71. The van der Waals surface area contributed by atoms with E-state index in [1.165, 1.54) is 4.90 Å². The molecular weight excluding hydrogens is 226 g/mol. The summed E-state index contributed by atoms with van der Waals surface area (Å²) in [7, 11) is 0. The zero-order valence-electron chi connectivity index (χ0n) is 9.11. The number of rotatable bonds is 4. The summed E-state index contributed by atoms with van der Waals surface area (Å²) in [6.45, 7) is 1.55. The maximum atomic E-state index is 11.5. The van der Waals surface area contributed by atoms with E-state index in [2.05, 4.69) is 15.6 Å². The van der Waals surface area contributed by atoms with Crippen LogP contribution in [0.15, 0.2) is 12.4 Å². The summed E-state index contributed by atoms with van der Waals surface area (Å²) >= 11 is 0. The molecule has 17 heavy (non-hydrogen) atoms. The molecule has 1 aromatic heterocycles. The van der Waals surface area contributed by atoms with Crippen LogP contribution in [0, 0.1) is 5.92 Å². The molecule has 0 radical (unpaired) electrons. The van der Waals surface area contributed by atoms with E-state index in [1.54, 1.807) is 17.1 Å². The molecule has 2 rings (SSSR count). The molecule has 0 atom stereocenters. The summed E-state index contributed by atoms with van der Waals surface area (Å²) in [6.07, 6.45) is 3.27. The summed E-state index contributed by atoms with van der Waals surface area (Å²) in [5.41, 5.74) is 0. The number of nitrogens with one attached hydrogen (secondary N) is 1. The highest BCUT2D eigenvalue weighted by Gasteiger charge is 2.35. The molecule has 0 unspecified atom stereocenters. The monoisotopic (exact) mass is 239 g/mol. The number of hydrogen-bond donors (Lipinski definition) is 2. The van der Waals surface area contributed by atoms with Gasteiger partial charge in [-0.3, -0.25) is 9.48 Å². The topological polar surface area (TPSA) is 100 Å². The minimum Gasteiger partial charge on any atom is -0.481 e. The maximum Gasteiger partial charge on any atom is 0.317 e. The van der Waals surface area contributed by atoms with Gasteiger partial charge in [0.15, 0.2) is 0 Å². The van der Waals surface area contributed by atoms with Crippen molar-refractivity contribution in [3.63, 3.8) is 0 Å². The standard InChI is InChI=1S/C9H13N5O3/c15-8(16)7-5-13(6-7)9(17)10-1-3-14-4-2-11-12-14/h2,4,7H,1,3,5-6H2,(H,10,17)(H,15,16). The zero-order valence-corrected chi connectivity index (χ0v) is 9.11. The molecule has 2 heterocycles. The maximum absolute atomic E-state index is 11.5. The lowest BCUT2D eigenvalue weighted by atomic mass is 10.0. The summed E-state index contributed by atoms with van der Waals surface area (Å²) in [5.74, 6) is -1.27. The van der Waals surface area contributed by atoms with E-state index in [-0.39, 0.29) is 19.1 Å². The van der Waals surface area contributed by atoms with E-state index in [4.69, 9.17) is 5.11 Å². The molecule has 0 spiro atoms. The molecule has 1 aliphatic heterocycles. The first-order valence-corrected chi connectivity index (χ1v) is 5.26. The number of amides is 2. The van der Waals surface area contributed by atoms with Crippen LogP contribution in [0.4, 0.5) is 4.79 Å². The van der Waals surface area contributed by atoms with Crippen molar-refractivity contribution in [1.82, 2.24) is 25.2 Å². The Labute approximate surface area is 97.2 Å². The Hall–Kier alpha value is -2.12. The van der Waals surface area contributed by atoms with Crippen LogP contribution >= 0.6 is 0 Å². The molecule has 2 N–H and O–H groups in total. The molecular formula is C9H13N5O3. The van der Waals surface area contributed by atoms with Gasteiger partial charge in [-0.2, -0.15) is 0 Å². The molecule has 92 valence electrons. The van der Waals surface area contributed by atoms with Crippen molar-refractivity contribution < 1.29 is 14.7 Å². The molecule has 8 nitrogen and oxygen atoms in total. The minimum absolute atomic E-state index is 0.234. The molecule has 0 aliphatic carbocycles. The lowest BCUT2D eigenvalue weighted by Crippen LogP contribution is -2.56. The van der Waals surface area contributed by atoms with Crippen LogP contribution in [0.5, 0.6) is 0 Å². The second-order valence-electron chi connectivity index (χ2n) is 3.84. The number of carboxylic acid groups (broad SMARTS) is 1. The number of likely N-dealkylation sites (tertiary alicyclic amines) is 1. The Morgan fingerprint density at radius 1 is 1.47 bits per heavy atom. The third-order valence-corrected chi connectivity index (χ3v) is 2.61. The average molecular weight is 239 g/mol. The first-order chi connectivity index (χ1) is 8.16. The number of urea groups is 1. The van der Waals surface area contributed by atoms with E-state index < -0.39 is 11.9 Å². The highest BCUT2D eigenvalue weighted by Crippen LogP contribution is 2.14. The van der Waals surface area contributed by atoms with Crippen molar-refractivity contribution >= 4 is 12.0 Å². The number of aromatic nitrogens is 3. The van der Waals surface area contributed by atoms with Crippen LogP contribution in [0.1, 0.15) is 0 Å². The number of nitrogens with zero attached hydrogens (tertiary/aromatic N) is 4. The predicted molar refractivity (Wildman–Crippen MR) is 56.1 cm³/mol. The second kappa shape index (κ2) is 4.81. The van der Waals surface area contributed by atoms with Gasteiger partial charge in [-0.05, 0) is 0 Å². The molecule has 1 aromatic rings. The smallest absolute Gasteiger partial charge is 0.317 e. The van der Waals surface area contributed by atoms with E-state index >= 15 is 0 Å². The third-order valence-electron chi connectivity index (χ3n) is 2.61.